The van der Waals surface area contributed by atoms with Crippen LogP contribution in [0.4, 0.5) is 0 Å². The molecule has 1 saturated heterocycles. The lowest BCUT2D eigenvalue weighted by Crippen LogP contribution is -2.35. The van der Waals surface area contributed by atoms with E-state index in [1.165, 1.54) is 10.1 Å². The monoisotopic (exact) mass is 473 g/mol. The molecule has 2 aliphatic rings. The standard InChI is InChI=1S/C26H27N5O4/c1-34-21-5-4-6-22-23(21)20-14-30(13-17(20)15-35-22)9-2-3-10-31-25(32)18-8-7-16-11-27-28-12-19(16)24(18)29-26(31)33/h4-8,11-12,17,20H,2-3,9-10,13-15H2,1H3,(H,29,33)/t17-,20+/m0/s1. The zero-order valence-electron chi connectivity index (χ0n) is 19.6. The van der Waals surface area contributed by atoms with E-state index in [9.17, 15) is 9.59 Å². The molecule has 0 bridgehead atoms. The molecule has 0 radical (unpaired) electrons. The fraction of sp³-hybridized carbons (Fsp3) is 0.385. The molecular formula is C26H27N5O4. The van der Waals surface area contributed by atoms with Crippen molar-refractivity contribution in [3.05, 3.63) is 69.1 Å². The fourth-order valence-electron chi connectivity index (χ4n) is 5.64. The summed E-state index contributed by atoms with van der Waals surface area (Å²) in [6.07, 6.45) is 4.84. The number of hydrogen-bond donors (Lipinski definition) is 1. The van der Waals surface area contributed by atoms with Gasteiger partial charge in [-0.25, -0.2) is 4.79 Å². The van der Waals surface area contributed by atoms with E-state index >= 15 is 0 Å². The Kier molecular flexibility index (Phi) is 5.49. The summed E-state index contributed by atoms with van der Waals surface area (Å²) in [5, 5.41) is 9.79. The molecule has 0 spiro atoms. The van der Waals surface area contributed by atoms with Crippen molar-refractivity contribution in [3.63, 3.8) is 0 Å². The van der Waals surface area contributed by atoms with Gasteiger partial charge in [0.1, 0.15) is 11.5 Å². The predicted molar refractivity (Wildman–Crippen MR) is 132 cm³/mol. The number of fused-ring (bicyclic) bond motifs is 6. The lowest BCUT2D eigenvalue weighted by atomic mass is 9.86. The molecule has 0 unspecified atom stereocenters. The van der Waals surface area contributed by atoms with Gasteiger partial charge in [0.05, 0.1) is 37.0 Å². The van der Waals surface area contributed by atoms with Crippen LogP contribution in [-0.4, -0.2) is 58.0 Å². The van der Waals surface area contributed by atoms with Crippen molar-refractivity contribution < 1.29 is 9.47 Å². The van der Waals surface area contributed by atoms with Crippen LogP contribution in [0, 0.1) is 5.92 Å². The Morgan fingerprint density at radius 2 is 1.91 bits per heavy atom. The molecule has 4 aromatic rings. The van der Waals surface area contributed by atoms with Gasteiger partial charge in [0.25, 0.3) is 5.56 Å². The van der Waals surface area contributed by atoms with Gasteiger partial charge < -0.3 is 19.4 Å². The number of ether oxygens (including phenoxy) is 2. The van der Waals surface area contributed by atoms with Gasteiger partial charge in [0.2, 0.25) is 0 Å². The first-order valence-electron chi connectivity index (χ1n) is 12.0. The Morgan fingerprint density at radius 1 is 1.06 bits per heavy atom. The number of hydrogen-bond acceptors (Lipinski definition) is 7. The van der Waals surface area contributed by atoms with Crippen LogP contribution in [-0.2, 0) is 6.54 Å². The maximum atomic E-state index is 13.1. The van der Waals surface area contributed by atoms with Crippen LogP contribution in [0.15, 0.2) is 52.3 Å². The average molecular weight is 474 g/mol. The van der Waals surface area contributed by atoms with Crippen molar-refractivity contribution in [2.75, 3.05) is 33.4 Å². The maximum Gasteiger partial charge on any atom is 0.328 e. The van der Waals surface area contributed by atoms with E-state index in [2.05, 4.69) is 20.1 Å². The number of nitrogens with one attached hydrogen (secondary N) is 1. The summed E-state index contributed by atoms with van der Waals surface area (Å²) >= 11 is 0. The second-order valence-electron chi connectivity index (χ2n) is 9.38. The minimum Gasteiger partial charge on any atom is -0.496 e. The second-order valence-corrected chi connectivity index (χ2v) is 9.38. The van der Waals surface area contributed by atoms with E-state index in [0.29, 0.717) is 29.3 Å². The lowest BCUT2D eigenvalue weighted by Gasteiger charge is -2.29. The van der Waals surface area contributed by atoms with E-state index in [0.717, 1.165) is 61.4 Å². The number of nitrogens with zero attached hydrogens (tertiary/aromatic N) is 4. The fourth-order valence-corrected chi connectivity index (χ4v) is 5.64. The van der Waals surface area contributed by atoms with Crippen LogP contribution in [0.5, 0.6) is 11.5 Å². The molecule has 9 nitrogen and oxygen atoms in total. The highest BCUT2D eigenvalue weighted by molar-refractivity contribution is 6.03. The van der Waals surface area contributed by atoms with Gasteiger partial charge >= 0.3 is 5.69 Å². The molecule has 0 saturated carbocycles. The SMILES string of the molecule is COc1cccc2c1[C@@H]1CN(CCCCn3c(=O)[nH]c4c(ccc5cnncc54)c3=O)C[C@H]1CO2. The van der Waals surface area contributed by atoms with Crippen LogP contribution >= 0.6 is 0 Å². The predicted octanol–water partition coefficient (Wildman–Crippen LogP) is 2.53. The first-order chi connectivity index (χ1) is 17.1. The summed E-state index contributed by atoms with van der Waals surface area (Å²) in [4.78, 5) is 31.1. The number of H-pyrrole nitrogens is 1. The normalized spacial score (nSPS) is 19.5. The van der Waals surface area contributed by atoms with Crippen LogP contribution in [0.2, 0.25) is 0 Å². The molecule has 6 rings (SSSR count). The van der Waals surface area contributed by atoms with Crippen LogP contribution < -0.4 is 20.7 Å². The molecule has 9 heteroatoms. The van der Waals surface area contributed by atoms with Gasteiger partial charge in [-0.05, 0) is 37.6 Å². The topological polar surface area (TPSA) is 102 Å². The van der Waals surface area contributed by atoms with E-state index < -0.39 is 0 Å². The van der Waals surface area contributed by atoms with Crippen molar-refractivity contribution in [3.8, 4) is 11.5 Å². The number of methoxy groups -OCH3 is 1. The molecule has 2 aliphatic heterocycles. The highest BCUT2D eigenvalue weighted by atomic mass is 16.5. The number of likely N-dealkylation sites (tertiary alicyclic amines) is 1. The minimum absolute atomic E-state index is 0.268. The van der Waals surface area contributed by atoms with E-state index in [1.54, 1.807) is 25.6 Å². The number of rotatable bonds is 6. The summed E-state index contributed by atoms with van der Waals surface area (Å²) in [6.45, 7) is 3.98. The summed E-state index contributed by atoms with van der Waals surface area (Å²) in [7, 11) is 1.71. The quantitative estimate of drug-likeness (QED) is 0.339. The molecule has 35 heavy (non-hydrogen) atoms. The molecule has 2 aromatic heterocycles. The summed E-state index contributed by atoms with van der Waals surface area (Å²) in [5.74, 6) is 2.68. The van der Waals surface area contributed by atoms with Crippen LogP contribution in [0.25, 0.3) is 21.7 Å². The lowest BCUT2D eigenvalue weighted by molar-refractivity contribution is 0.209. The number of benzene rings is 2. The number of aromatic nitrogens is 4. The number of aromatic amines is 1. The highest BCUT2D eigenvalue weighted by Crippen LogP contribution is 2.46. The summed E-state index contributed by atoms with van der Waals surface area (Å²) in [6, 6.07) is 9.57. The van der Waals surface area contributed by atoms with Crippen molar-refractivity contribution in [1.29, 1.82) is 0 Å². The Balaban J connectivity index is 1.13. The first-order valence-corrected chi connectivity index (χ1v) is 12.0. The van der Waals surface area contributed by atoms with E-state index in [1.807, 2.05) is 24.3 Å². The Hall–Kier alpha value is -3.72. The highest BCUT2D eigenvalue weighted by Gasteiger charge is 2.40. The Bertz CT molecular complexity index is 1510. The molecule has 1 fully saturated rings. The Labute approximate surface area is 201 Å². The third kappa shape index (κ3) is 3.76. The maximum absolute atomic E-state index is 13.1. The van der Waals surface area contributed by atoms with Gasteiger partial charge in [0, 0.05) is 47.8 Å². The van der Waals surface area contributed by atoms with Gasteiger partial charge in [-0.1, -0.05) is 12.1 Å². The van der Waals surface area contributed by atoms with Crippen molar-refractivity contribution in [2.24, 2.45) is 5.92 Å². The molecule has 2 aromatic carbocycles. The molecular weight excluding hydrogens is 446 g/mol. The van der Waals surface area contributed by atoms with Gasteiger partial charge in [-0.2, -0.15) is 10.2 Å². The third-order valence-corrected chi connectivity index (χ3v) is 7.37. The zero-order valence-corrected chi connectivity index (χ0v) is 19.6. The van der Waals surface area contributed by atoms with Gasteiger partial charge in [-0.3, -0.25) is 9.36 Å². The largest absolute Gasteiger partial charge is 0.496 e. The average Bonchev–Trinajstić information content (AvgIpc) is 3.31. The third-order valence-electron chi connectivity index (χ3n) is 7.37. The second kappa shape index (κ2) is 8.81. The minimum atomic E-state index is -0.389. The smallest absolute Gasteiger partial charge is 0.328 e. The first kappa shape index (κ1) is 21.8. The molecule has 4 heterocycles. The molecule has 180 valence electrons. The Morgan fingerprint density at radius 3 is 2.80 bits per heavy atom. The number of unbranched alkanes of at least 4 members (excludes halogenated alkanes) is 1. The van der Waals surface area contributed by atoms with Crippen molar-refractivity contribution >= 4 is 21.7 Å². The van der Waals surface area contributed by atoms with E-state index in [4.69, 9.17) is 9.47 Å². The van der Waals surface area contributed by atoms with Gasteiger partial charge in [0.15, 0.2) is 0 Å². The molecule has 0 amide bonds. The zero-order chi connectivity index (χ0) is 23.9. The van der Waals surface area contributed by atoms with Crippen LogP contribution in [0.1, 0.15) is 24.3 Å². The molecule has 2 atom stereocenters. The van der Waals surface area contributed by atoms with Crippen molar-refractivity contribution in [2.45, 2.75) is 25.3 Å². The molecule has 0 aliphatic carbocycles. The van der Waals surface area contributed by atoms with Crippen molar-refractivity contribution in [1.82, 2.24) is 24.6 Å². The van der Waals surface area contributed by atoms with E-state index in [-0.39, 0.29) is 11.2 Å². The van der Waals surface area contributed by atoms with Crippen LogP contribution in [0.3, 0.4) is 0 Å². The van der Waals surface area contributed by atoms with Gasteiger partial charge in [-0.15, -0.1) is 0 Å². The molecule has 1 N–H and O–H groups in total. The summed E-state index contributed by atoms with van der Waals surface area (Å²) in [5.41, 5.74) is 1.04. The summed E-state index contributed by atoms with van der Waals surface area (Å²) < 4.78 is 12.9.